The Morgan fingerprint density at radius 1 is 1.26 bits per heavy atom. The standard InChI is InChI=1S/C24H36N4O9S/c1-15(16-10-17(26-21(11-16)35-2)6-5-9-25-23(30)36-3)28(18-7-8-18)22(29)20-13-27(24(31)32)12-19(37-20)14-38(4,33)34/h10-11,15,18-20H,5-9,12-14H2,1-4H3,(H,25,30)(H,31,32)/t15-,19+,20-/m1/s1. The largest absolute Gasteiger partial charge is 0.481 e. The van der Waals surface area contributed by atoms with E-state index in [4.69, 9.17) is 9.47 Å². The lowest BCUT2D eigenvalue weighted by Gasteiger charge is -2.39. The minimum atomic E-state index is -3.45. The fraction of sp³-hybridized carbons (Fsp3) is 0.667. The molecule has 1 aliphatic carbocycles. The molecule has 2 heterocycles. The van der Waals surface area contributed by atoms with Crippen molar-refractivity contribution in [1.29, 1.82) is 0 Å². The topological polar surface area (TPSA) is 165 Å². The van der Waals surface area contributed by atoms with E-state index >= 15 is 0 Å². The molecule has 1 aromatic heterocycles. The van der Waals surface area contributed by atoms with Gasteiger partial charge in [-0.15, -0.1) is 0 Å². The molecular weight excluding hydrogens is 520 g/mol. The van der Waals surface area contributed by atoms with Crippen LogP contribution in [0.5, 0.6) is 5.88 Å². The second kappa shape index (κ2) is 12.6. The van der Waals surface area contributed by atoms with Gasteiger partial charge in [0.15, 0.2) is 6.10 Å². The van der Waals surface area contributed by atoms with Crippen LogP contribution < -0.4 is 10.1 Å². The maximum Gasteiger partial charge on any atom is 0.407 e. The van der Waals surface area contributed by atoms with Gasteiger partial charge >= 0.3 is 12.2 Å². The molecule has 0 bridgehead atoms. The summed E-state index contributed by atoms with van der Waals surface area (Å²) in [6.07, 6.45) is -0.0114. The van der Waals surface area contributed by atoms with Crippen LogP contribution in [-0.4, -0.2) is 111 Å². The van der Waals surface area contributed by atoms with Crippen LogP contribution in [-0.2, 0) is 30.5 Å². The molecule has 0 aromatic carbocycles. The molecule has 1 saturated carbocycles. The highest BCUT2D eigenvalue weighted by Crippen LogP contribution is 2.36. The number of carbonyl (C=O) groups excluding carboxylic acids is 2. The third-order valence-corrected chi connectivity index (χ3v) is 7.42. The SMILES string of the molecule is COC(=O)NCCCc1cc([C@@H](C)N(C(=O)[C@H]2CN(C(=O)O)C[C@@H](CS(C)(=O)=O)O2)C2CC2)cc(OC)n1. The first kappa shape index (κ1) is 29.4. The monoisotopic (exact) mass is 556 g/mol. The highest BCUT2D eigenvalue weighted by atomic mass is 32.2. The van der Waals surface area contributed by atoms with E-state index in [-0.39, 0.29) is 30.8 Å². The van der Waals surface area contributed by atoms with E-state index in [2.05, 4.69) is 15.0 Å². The number of aromatic nitrogens is 1. The Morgan fingerprint density at radius 2 is 1.97 bits per heavy atom. The van der Waals surface area contributed by atoms with Crippen molar-refractivity contribution >= 4 is 27.9 Å². The van der Waals surface area contributed by atoms with Gasteiger partial charge in [-0.2, -0.15) is 0 Å². The summed E-state index contributed by atoms with van der Waals surface area (Å²) in [6.45, 7) is 1.97. The van der Waals surface area contributed by atoms with Crippen LogP contribution in [0.2, 0.25) is 0 Å². The fourth-order valence-corrected chi connectivity index (χ4v) is 5.38. The summed E-state index contributed by atoms with van der Waals surface area (Å²) in [6, 6.07) is 3.19. The molecule has 0 radical (unpaired) electrons. The number of alkyl carbamates (subject to hydrolysis) is 1. The second-order valence-corrected chi connectivity index (χ2v) is 11.8. The number of ether oxygens (including phenoxy) is 3. The first-order valence-corrected chi connectivity index (χ1v) is 14.5. The summed E-state index contributed by atoms with van der Waals surface area (Å²) in [5.74, 6) is -0.383. The number of carbonyl (C=O) groups is 3. The molecule has 212 valence electrons. The van der Waals surface area contributed by atoms with Crippen molar-refractivity contribution < 1.29 is 42.1 Å². The van der Waals surface area contributed by atoms with Crippen LogP contribution in [0.1, 0.15) is 43.5 Å². The molecule has 0 unspecified atom stereocenters. The average molecular weight is 557 g/mol. The molecule has 1 aromatic rings. The van der Waals surface area contributed by atoms with Crippen LogP contribution in [0.4, 0.5) is 9.59 Å². The number of nitrogens with zero attached hydrogens (tertiary/aromatic N) is 3. The van der Waals surface area contributed by atoms with Gasteiger partial charge in [-0.25, -0.2) is 23.0 Å². The first-order valence-electron chi connectivity index (χ1n) is 12.4. The molecule has 1 aliphatic heterocycles. The van der Waals surface area contributed by atoms with Gasteiger partial charge in [-0.05, 0) is 44.2 Å². The molecular formula is C24H36N4O9S. The highest BCUT2D eigenvalue weighted by Gasteiger charge is 2.43. The summed E-state index contributed by atoms with van der Waals surface area (Å²) < 4.78 is 39.5. The lowest BCUT2D eigenvalue weighted by molar-refractivity contribution is -0.157. The lowest BCUT2D eigenvalue weighted by Crippen LogP contribution is -2.57. The molecule has 2 aliphatic rings. The Hall–Kier alpha value is -3.13. The van der Waals surface area contributed by atoms with Crippen LogP contribution in [0, 0.1) is 0 Å². The number of rotatable bonds is 11. The number of nitrogens with one attached hydrogen (secondary N) is 1. The van der Waals surface area contributed by atoms with Crippen molar-refractivity contribution in [2.45, 2.75) is 56.9 Å². The van der Waals surface area contributed by atoms with Gasteiger partial charge < -0.3 is 34.4 Å². The van der Waals surface area contributed by atoms with E-state index < -0.39 is 40.3 Å². The maximum atomic E-state index is 13.7. The Morgan fingerprint density at radius 3 is 2.55 bits per heavy atom. The Labute approximate surface area is 222 Å². The Balaban J connectivity index is 1.80. The van der Waals surface area contributed by atoms with Gasteiger partial charge in [-0.3, -0.25) is 4.79 Å². The molecule has 38 heavy (non-hydrogen) atoms. The van der Waals surface area contributed by atoms with E-state index in [0.717, 1.165) is 35.3 Å². The summed E-state index contributed by atoms with van der Waals surface area (Å²) in [7, 11) is -0.659. The maximum absolute atomic E-state index is 13.7. The number of pyridine rings is 1. The van der Waals surface area contributed by atoms with Crippen molar-refractivity contribution in [3.8, 4) is 5.88 Å². The third kappa shape index (κ3) is 8.18. The summed E-state index contributed by atoms with van der Waals surface area (Å²) in [5.41, 5.74) is 1.51. The fourth-order valence-electron chi connectivity index (χ4n) is 4.52. The third-order valence-electron chi connectivity index (χ3n) is 6.45. The number of methoxy groups -OCH3 is 2. The molecule has 13 nitrogen and oxygen atoms in total. The minimum Gasteiger partial charge on any atom is -0.481 e. The zero-order chi connectivity index (χ0) is 28.0. The van der Waals surface area contributed by atoms with Gasteiger partial charge in [-0.1, -0.05) is 0 Å². The smallest absolute Gasteiger partial charge is 0.407 e. The van der Waals surface area contributed by atoms with E-state index in [1.165, 1.54) is 14.2 Å². The quantitative estimate of drug-likeness (QED) is 0.379. The van der Waals surface area contributed by atoms with Gasteiger partial charge in [0.1, 0.15) is 9.84 Å². The van der Waals surface area contributed by atoms with Crippen molar-refractivity contribution in [3.63, 3.8) is 0 Å². The lowest BCUT2D eigenvalue weighted by atomic mass is 10.0. The van der Waals surface area contributed by atoms with Crippen molar-refractivity contribution in [3.05, 3.63) is 23.4 Å². The number of carboxylic acid groups (broad SMARTS) is 1. The van der Waals surface area contributed by atoms with Crippen LogP contribution >= 0.6 is 0 Å². The van der Waals surface area contributed by atoms with Crippen molar-refractivity contribution in [2.75, 3.05) is 45.9 Å². The number of sulfone groups is 1. The van der Waals surface area contributed by atoms with Crippen LogP contribution in [0.25, 0.3) is 0 Å². The van der Waals surface area contributed by atoms with Crippen molar-refractivity contribution in [1.82, 2.24) is 20.1 Å². The summed E-state index contributed by atoms with van der Waals surface area (Å²) >= 11 is 0. The molecule has 2 fully saturated rings. The Bertz CT molecular complexity index is 1130. The molecule has 3 rings (SSSR count). The van der Waals surface area contributed by atoms with E-state index in [9.17, 15) is 27.9 Å². The number of hydrogen-bond donors (Lipinski definition) is 2. The number of hydrogen-bond acceptors (Lipinski definition) is 9. The first-order chi connectivity index (χ1) is 17.9. The average Bonchev–Trinajstić information content (AvgIpc) is 3.70. The van der Waals surface area contributed by atoms with Crippen molar-refractivity contribution in [2.24, 2.45) is 0 Å². The molecule has 2 N–H and O–H groups in total. The second-order valence-electron chi connectivity index (χ2n) is 9.64. The Kier molecular flexibility index (Phi) is 9.77. The number of morpholine rings is 1. The zero-order valence-corrected chi connectivity index (χ0v) is 22.9. The van der Waals surface area contributed by atoms with Crippen LogP contribution in [0.3, 0.4) is 0 Å². The molecule has 0 spiro atoms. The van der Waals surface area contributed by atoms with Gasteiger partial charge in [0.25, 0.3) is 5.91 Å². The number of amides is 3. The molecule has 3 atom stereocenters. The van der Waals surface area contributed by atoms with Gasteiger partial charge in [0, 0.05) is 30.6 Å². The van der Waals surface area contributed by atoms with Crippen LogP contribution in [0.15, 0.2) is 12.1 Å². The van der Waals surface area contributed by atoms with E-state index in [1.807, 2.05) is 13.0 Å². The highest BCUT2D eigenvalue weighted by molar-refractivity contribution is 7.90. The number of aryl methyl sites for hydroxylation is 1. The predicted octanol–water partition coefficient (Wildman–Crippen LogP) is 1.22. The summed E-state index contributed by atoms with van der Waals surface area (Å²) in [5, 5.41) is 12.2. The van der Waals surface area contributed by atoms with E-state index in [1.54, 1.807) is 11.0 Å². The van der Waals surface area contributed by atoms with E-state index in [0.29, 0.717) is 25.3 Å². The molecule has 3 amide bonds. The predicted molar refractivity (Wildman–Crippen MR) is 136 cm³/mol. The molecule has 14 heteroatoms. The van der Waals surface area contributed by atoms with Gasteiger partial charge in [0.2, 0.25) is 5.88 Å². The normalized spacial score (nSPS) is 20.4. The molecule has 1 saturated heterocycles. The zero-order valence-electron chi connectivity index (χ0n) is 22.1. The minimum absolute atomic E-state index is 0.0403. The summed E-state index contributed by atoms with van der Waals surface area (Å²) in [4.78, 5) is 44.0. The van der Waals surface area contributed by atoms with Gasteiger partial charge in [0.05, 0.1) is 45.2 Å².